The maximum absolute atomic E-state index is 11.9. The van der Waals surface area contributed by atoms with Crippen molar-refractivity contribution in [2.75, 3.05) is 33.2 Å². The number of carboxylic acids is 1. The quantitative estimate of drug-likeness (QED) is 0.780. The molecule has 0 spiro atoms. The first-order valence-corrected chi connectivity index (χ1v) is 6.09. The zero-order valence-corrected chi connectivity index (χ0v) is 10.8. The molecule has 98 valence electrons. The Labute approximate surface area is 102 Å². The molecule has 0 bridgehead atoms. The van der Waals surface area contributed by atoms with Gasteiger partial charge in [0.25, 0.3) is 0 Å². The van der Waals surface area contributed by atoms with Crippen molar-refractivity contribution < 1.29 is 14.7 Å². The topological polar surface area (TPSA) is 60.9 Å². The van der Waals surface area contributed by atoms with E-state index in [1.165, 1.54) is 0 Å². The van der Waals surface area contributed by atoms with Crippen LogP contribution < -0.4 is 0 Å². The molecule has 17 heavy (non-hydrogen) atoms. The van der Waals surface area contributed by atoms with Gasteiger partial charge in [0.15, 0.2) is 0 Å². The predicted octanol–water partition coefficient (Wildman–Crippen LogP) is 0.507. The third kappa shape index (κ3) is 4.34. The van der Waals surface area contributed by atoms with Crippen LogP contribution in [0.15, 0.2) is 0 Å². The van der Waals surface area contributed by atoms with Gasteiger partial charge in [-0.15, -0.1) is 0 Å². The molecule has 0 aliphatic carbocycles. The number of amides is 1. The first-order valence-electron chi connectivity index (χ1n) is 6.09. The summed E-state index contributed by atoms with van der Waals surface area (Å²) in [7, 11) is 1.79. The largest absolute Gasteiger partial charge is 0.481 e. The number of hydrogen-bond donors (Lipinski definition) is 1. The molecule has 1 aliphatic heterocycles. The first kappa shape index (κ1) is 14.0. The molecule has 0 aromatic rings. The van der Waals surface area contributed by atoms with Gasteiger partial charge in [-0.2, -0.15) is 0 Å². The zero-order chi connectivity index (χ0) is 13.0. The van der Waals surface area contributed by atoms with Crippen LogP contribution in [0.4, 0.5) is 0 Å². The summed E-state index contributed by atoms with van der Waals surface area (Å²) in [6.45, 7) is 5.96. The second kappa shape index (κ2) is 6.00. The fraction of sp³-hybridized carbons (Fsp3) is 0.833. The highest BCUT2D eigenvalue weighted by molar-refractivity contribution is 5.80. The Morgan fingerprint density at radius 1 is 1.47 bits per heavy atom. The van der Waals surface area contributed by atoms with E-state index >= 15 is 0 Å². The van der Waals surface area contributed by atoms with Crippen molar-refractivity contribution >= 4 is 11.9 Å². The number of rotatable bonds is 4. The number of carbonyl (C=O) groups is 2. The van der Waals surface area contributed by atoms with Gasteiger partial charge in [0.2, 0.25) is 5.91 Å². The minimum atomic E-state index is -0.818. The highest BCUT2D eigenvalue weighted by Gasteiger charge is 2.29. The van der Waals surface area contributed by atoms with E-state index in [9.17, 15) is 9.59 Å². The lowest BCUT2D eigenvalue weighted by atomic mass is 10.1. The summed E-state index contributed by atoms with van der Waals surface area (Å²) in [6, 6.07) is 0. The maximum atomic E-state index is 11.9. The molecule has 0 saturated carbocycles. The van der Waals surface area contributed by atoms with Crippen LogP contribution in [0.25, 0.3) is 0 Å². The van der Waals surface area contributed by atoms with E-state index in [0.29, 0.717) is 32.1 Å². The lowest BCUT2D eigenvalue weighted by Crippen LogP contribution is -2.38. The van der Waals surface area contributed by atoms with E-state index in [1.54, 1.807) is 16.8 Å². The summed E-state index contributed by atoms with van der Waals surface area (Å²) in [5, 5.41) is 9.10. The molecule has 0 aromatic carbocycles. The highest BCUT2D eigenvalue weighted by atomic mass is 16.4. The van der Waals surface area contributed by atoms with Crippen molar-refractivity contribution in [1.29, 1.82) is 0 Å². The van der Waals surface area contributed by atoms with Crippen molar-refractivity contribution in [2.24, 2.45) is 11.8 Å². The summed E-state index contributed by atoms with van der Waals surface area (Å²) in [6.07, 6.45) is 0.918. The van der Waals surface area contributed by atoms with Crippen molar-refractivity contribution in [3.63, 3.8) is 0 Å². The number of carboxylic acid groups (broad SMARTS) is 1. The molecule has 1 amide bonds. The molecular formula is C12H22N2O3. The van der Waals surface area contributed by atoms with Gasteiger partial charge in [-0.25, -0.2) is 0 Å². The van der Waals surface area contributed by atoms with Crippen molar-refractivity contribution in [1.82, 2.24) is 9.80 Å². The number of aliphatic carboxylic acids is 1. The first-order chi connectivity index (χ1) is 7.90. The summed E-state index contributed by atoms with van der Waals surface area (Å²) in [5.41, 5.74) is 0. The second-order valence-corrected chi connectivity index (χ2v) is 5.25. The number of carbonyl (C=O) groups excluding carboxylic acids is 1. The van der Waals surface area contributed by atoms with Crippen LogP contribution in [0.5, 0.6) is 0 Å². The Bertz CT molecular complexity index is 291. The van der Waals surface area contributed by atoms with E-state index < -0.39 is 11.9 Å². The summed E-state index contributed by atoms with van der Waals surface area (Å²) >= 11 is 0. The standard InChI is InChI=1S/C12H22N2O3/c1-9(2)4-5-14-7-10(12(16)17)6-13(3)8-11(14)15/h9-10H,4-8H2,1-3H3,(H,16,17). The van der Waals surface area contributed by atoms with E-state index in [1.807, 2.05) is 0 Å². The molecule has 1 N–H and O–H groups in total. The Balaban J connectivity index is 2.66. The molecule has 0 aromatic heterocycles. The molecule has 1 saturated heterocycles. The van der Waals surface area contributed by atoms with Crippen molar-refractivity contribution in [3.05, 3.63) is 0 Å². The number of likely N-dealkylation sites (N-methyl/N-ethyl adjacent to an activating group) is 1. The minimum Gasteiger partial charge on any atom is -0.481 e. The van der Waals surface area contributed by atoms with Gasteiger partial charge >= 0.3 is 5.97 Å². The Kier molecular flexibility index (Phi) is 4.93. The van der Waals surface area contributed by atoms with Gasteiger partial charge in [0, 0.05) is 19.6 Å². The molecular weight excluding hydrogens is 220 g/mol. The third-order valence-electron chi connectivity index (χ3n) is 3.06. The average Bonchev–Trinajstić information content (AvgIpc) is 2.34. The van der Waals surface area contributed by atoms with Crippen LogP contribution in [-0.2, 0) is 9.59 Å². The Morgan fingerprint density at radius 3 is 2.65 bits per heavy atom. The van der Waals surface area contributed by atoms with E-state index in [0.717, 1.165) is 6.42 Å². The van der Waals surface area contributed by atoms with Gasteiger partial charge in [-0.3, -0.25) is 14.5 Å². The summed E-state index contributed by atoms with van der Waals surface area (Å²) < 4.78 is 0. The van der Waals surface area contributed by atoms with Crippen LogP contribution in [0.1, 0.15) is 20.3 Å². The summed E-state index contributed by atoms with van der Waals surface area (Å²) in [5.74, 6) is -0.733. The van der Waals surface area contributed by atoms with Crippen LogP contribution >= 0.6 is 0 Å². The van der Waals surface area contributed by atoms with Crippen molar-refractivity contribution in [3.8, 4) is 0 Å². The minimum absolute atomic E-state index is 0.0388. The summed E-state index contributed by atoms with van der Waals surface area (Å²) in [4.78, 5) is 26.5. The fourth-order valence-electron chi connectivity index (χ4n) is 1.98. The molecule has 5 heteroatoms. The van der Waals surface area contributed by atoms with Crippen LogP contribution in [-0.4, -0.2) is 60.0 Å². The smallest absolute Gasteiger partial charge is 0.309 e. The van der Waals surface area contributed by atoms with Gasteiger partial charge < -0.3 is 10.0 Å². The van der Waals surface area contributed by atoms with E-state index in [-0.39, 0.29) is 5.91 Å². The number of hydrogen-bond acceptors (Lipinski definition) is 3. The SMILES string of the molecule is CC(C)CCN1CC(C(=O)O)CN(C)CC1=O. The van der Waals surface area contributed by atoms with Crippen LogP contribution in [0.3, 0.4) is 0 Å². The molecule has 1 rings (SSSR count). The predicted molar refractivity (Wildman–Crippen MR) is 64.7 cm³/mol. The highest BCUT2D eigenvalue weighted by Crippen LogP contribution is 2.12. The third-order valence-corrected chi connectivity index (χ3v) is 3.06. The molecule has 5 nitrogen and oxygen atoms in total. The molecule has 1 unspecified atom stereocenters. The van der Waals surface area contributed by atoms with Crippen LogP contribution in [0, 0.1) is 11.8 Å². The van der Waals surface area contributed by atoms with Gasteiger partial charge in [0.05, 0.1) is 12.5 Å². The number of nitrogens with zero attached hydrogens (tertiary/aromatic N) is 2. The molecule has 1 heterocycles. The Morgan fingerprint density at radius 2 is 2.12 bits per heavy atom. The lowest BCUT2D eigenvalue weighted by molar-refractivity contribution is -0.142. The Hall–Kier alpha value is -1.10. The normalized spacial score (nSPS) is 22.9. The average molecular weight is 242 g/mol. The fourth-order valence-corrected chi connectivity index (χ4v) is 1.98. The van der Waals surface area contributed by atoms with Gasteiger partial charge in [0.1, 0.15) is 0 Å². The molecule has 1 aliphatic rings. The zero-order valence-electron chi connectivity index (χ0n) is 10.8. The molecule has 1 atom stereocenters. The van der Waals surface area contributed by atoms with Gasteiger partial charge in [-0.05, 0) is 19.4 Å². The maximum Gasteiger partial charge on any atom is 0.309 e. The van der Waals surface area contributed by atoms with Gasteiger partial charge in [-0.1, -0.05) is 13.8 Å². The lowest BCUT2D eigenvalue weighted by Gasteiger charge is -2.23. The van der Waals surface area contributed by atoms with E-state index in [4.69, 9.17) is 5.11 Å². The second-order valence-electron chi connectivity index (χ2n) is 5.25. The molecule has 0 radical (unpaired) electrons. The van der Waals surface area contributed by atoms with Crippen molar-refractivity contribution in [2.45, 2.75) is 20.3 Å². The monoisotopic (exact) mass is 242 g/mol. The van der Waals surface area contributed by atoms with Crippen LogP contribution in [0.2, 0.25) is 0 Å². The molecule has 1 fully saturated rings. The van der Waals surface area contributed by atoms with E-state index in [2.05, 4.69) is 13.8 Å².